The zero-order valence-corrected chi connectivity index (χ0v) is 15.6. The first kappa shape index (κ1) is 17.1. The van der Waals surface area contributed by atoms with Gasteiger partial charge in [-0.15, -0.1) is 11.3 Å². The minimum atomic E-state index is -0.0702. The normalized spacial score (nSPS) is 12.6. The summed E-state index contributed by atoms with van der Waals surface area (Å²) < 4.78 is 11.3. The van der Waals surface area contributed by atoms with E-state index in [9.17, 15) is 0 Å². The summed E-state index contributed by atoms with van der Waals surface area (Å²) in [5, 5.41) is 5.81. The Hall–Kier alpha value is -2.35. The molecule has 1 atom stereocenters. The molecule has 0 amide bonds. The van der Waals surface area contributed by atoms with Crippen molar-refractivity contribution in [3.63, 3.8) is 0 Å². The van der Waals surface area contributed by atoms with Crippen molar-refractivity contribution in [2.24, 2.45) is 5.73 Å². The van der Waals surface area contributed by atoms with Crippen molar-refractivity contribution in [1.82, 2.24) is 9.97 Å². The molecule has 0 aliphatic carbocycles. The maximum atomic E-state index is 6.27. The molecule has 4 heterocycles. The van der Waals surface area contributed by atoms with Crippen molar-refractivity contribution in [3.05, 3.63) is 52.0 Å². The van der Waals surface area contributed by atoms with E-state index in [4.69, 9.17) is 26.2 Å². The lowest BCUT2D eigenvalue weighted by Gasteiger charge is -2.06. The largest absolute Gasteiger partial charge is 0.456 e. The number of hydrogen-bond acceptors (Lipinski definition) is 7. The molecule has 0 saturated heterocycles. The predicted octanol–water partition coefficient (Wildman–Crippen LogP) is 4.70. The molecule has 8 heteroatoms. The van der Waals surface area contributed by atoms with Crippen LogP contribution in [-0.4, -0.2) is 16.0 Å². The standard InChI is InChI=1S/C18H17ClN4O2S/c1-10(20)5-14-16(13-8-24-9-22-13)17-18(25-14)12(6-15(19)23-17)21-7-11-3-2-4-26-11/h2-4,6,8-10H,5,7,20H2,1H3,(H,21,23). The zero-order chi connectivity index (χ0) is 18.1. The van der Waals surface area contributed by atoms with Crippen LogP contribution in [0.5, 0.6) is 0 Å². The molecule has 26 heavy (non-hydrogen) atoms. The Morgan fingerprint density at radius 2 is 2.31 bits per heavy atom. The Balaban J connectivity index is 1.83. The Bertz CT molecular complexity index is 1010. The first-order valence-electron chi connectivity index (χ1n) is 8.14. The molecular weight excluding hydrogens is 372 g/mol. The van der Waals surface area contributed by atoms with Crippen LogP contribution in [0, 0.1) is 0 Å². The molecule has 0 fully saturated rings. The fraction of sp³-hybridized carbons (Fsp3) is 0.222. The Labute approximate surface area is 159 Å². The second-order valence-electron chi connectivity index (χ2n) is 6.06. The van der Waals surface area contributed by atoms with Crippen molar-refractivity contribution < 1.29 is 8.83 Å². The second kappa shape index (κ2) is 7.11. The fourth-order valence-corrected chi connectivity index (χ4v) is 3.68. The van der Waals surface area contributed by atoms with Gasteiger partial charge in [-0.1, -0.05) is 17.7 Å². The van der Waals surface area contributed by atoms with Crippen molar-refractivity contribution in [2.75, 3.05) is 5.32 Å². The highest BCUT2D eigenvalue weighted by molar-refractivity contribution is 7.09. The molecule has 0 spiro atoms. The van der Waals surface area contributed by atoms with E-state index in [-0.39, 0.29) is 6.04 Å². The van der Waals surface area contributed by atoms with E-state index in [0.29, 0.717) is 34.9 Å². The summed E-state index contributed by atoms with van der Waals surface area (Å²) in [6.45, 7) is 2.60. The molecule has 0 radical (unpaired) electrons. The first-order valence-corrected chi connectivity index (χ1v) is 9.40. The van der Waals surface area contributed by atoms with Crippen LogP contribution < -0.4 is 11.1 Å². The molecule has 4 aromatic heterocycles. The van der Waals surface area contributed by atoms with Gasteiger partial charge in [-0.2, -0.15) is 0 Å². The number of halogens is 1. The summed E-state index contributed by atoms with van der Waals surface area (Å²) in [6.07, 6.45) is 3.50. The summed E-state index contributed by atoms with van der Waals surface area (Å²) in [5.74, 6) is 0.720. The minimum Gasteiger partial charge on any atom is -0.456 e. The summed E-state index contributed by atoms with van der Waals surface area (Å²) in [5.41, 5.74) is 9.49. The highest BCUT2D eigenvalue weighted by Crippen LogP contribution is 2.38. The maximum absolute atomic E-state index is 6.27. The number of aromatic nitrogens is 2. The lowest BCUT2D eigenvalue weighted by atomic mass is 10.1. The van der Waals surface area contributed by atoms with E-state index in [2.05, 4.69) is 21.4 Å². The van der Waals surface area contributed by atoms with Gasteiger partial charge in [0.2, 0.25) is 0 Å². The molecular formula is C18H17ClN4O2S. The van der Waals surface area contributed by atoms with Crippen LogP contribution in [0.15, 0.2) is 45.1 Å². The number of oxazole rings is 1. The molecule has 1 unspecified atom stereocenters. The van der Waals surface area contributed by atoms with E-state index < -0.39 is 0 Å². The summed E-state index contributed by atoms with van der Waals surface area (Å²) in [4.78, 5) is 9.94. The Morgan fingerprint density at radius 3 is 3.00 bits per heavy atom. The summed E-state index contributed by atoms with van der Waals surface area (Å²) in [7, 11) is 0. The van der Waals surface area contributed by atoms with Gasteiger partial charge in [0, 0.05) is 30.0 Å². The number of fused-ring (bicyclic) bond motifs is 1. The molecule has 4 rings (SSSR count). The lowest BCUT2D eigenvalue weighted by Crippen LogP contribution is -2.17. The van der Waals surface area contributed by atoms with Gasteiger partial charge < -0.3 is 19.9 Å². The van der Waals surface area contributed by atoms with Crippen LogP contribution >= 0.6 is 22.9 Å². The number of furan rings is 1. The number of rotatable bonds is 6. The number of hydrogen-bond donors (Lipinski definition) is 2. The molecule has 0 bridgehead atoms. The van der Waals surface area contributed by atoms with Gasteiger partial charge in [0.15, 0.2) is 12.0 Å². The van der Waals surface area contributed by atoms with Gasteiger partial charge >= 0.3 is 0 Å². The molecule has 4 aromatic rings. The van der Waals surface area contributed by atoms with E-state index in [1.165, 1.54) is 11.3 Å². The number of nitrogens with zero attached hydrogens (tertiary/aromatic N) is 2. The van der Waals surface area contributed by atoms with E-state index in [0.717, 1.165) is 17.0 Å². The van der Waals surface area contributed by atoms with Crippen LogP contribution in [0.3, 0.4) is 0 Å². The Kier molecular flexibility index (Phi) is 4.67. The number of nitrogens with one attached hydrogen (secondary N) is 1. The van der Waals surface area contributed by atoms with Gasteiger partial charge in [0.1, 0.15) is 28.4 Å². The van der Waals surface area contributed by atoms with Crippen LogP contribution in [0.1, 0.15) is 17.6 Å². The first-order chi connectivity index (χ1) is 12.6. The van der Waals surface area contributed by atoms with Crippen molar-refractivity contribution in [1.29, 1.82) is 0 Å². The van der Waals surface area contributed by atoms with Gasteiger partial charge in [0.05, 0.1) is 11.3 Å². The van der Waals surface area contributed by atoms with Gasteiger partial charge in [-0.05, 0) is 18.4 Å². The summed E-state index contributed by atoms with van der Waals surface area (Å²) >= 11 is 7.96. The van der Waals surface area contributed by atoms with Gasteiger partial charge in [0.25, 0.3) is 0 Å². The second-order valence-corrected chi connectivity index (χ2v) is 7.48. The highest BCUT2D eigenvalue weighted by Gasteiger charge is 2.23. The van der Waals surface area contributed by atoms with Crippen molar-refractivity contribution in [3.8, 4) is 11.3 Å². The smallest absolute Gasteiger partial charge is 0.181 e. The number of anilines is 1. The summed E-state index contributed by atoms with van der Waals surface area (Å²) in [6, 6.07) is 5.79. The van der Waals surface area contributed by atoms with Crippen LogP contribution in [0.4, 0.5) is 5.69 Å². The molecule has 0 saturated carbocycles. The number of thiophene rings is 1. The van der Waals surface area contributed by atoms with Crippen LogP contribution in [0.25, 0.3) is 22.4 Å². The molecule has 0 aromatic carbocycles. The average Bonchev–Trinajstić information content (AvgIpc) is 3.32. The molecule has 0 aliphatic heterocycles. The van der Waals surface area contributed by atoms with E-state index in [1.807, 2.05) is 18.4 Å². The highest BCUT2D eigenvalue weighted by atomic mass is 35.5. The third kappa shape index (κ3) is 3.33. The van der Waals surface area contributed by atoms with Gasteiger partial charge in [-0.25, -0.2) is 9.97 Å². The SMILES string of the molecule is CC(N)Cc1oc2c(NCc3cccs3)cc(Cl)nc2c1-c1cocn1. The van der Waals surface area contributed by atoms with E-state index >= 15 is 0 Å². The number of nitrogens with two attached hydrogens (primary N) is 1. The molecule has 134 valence electrons. The monoisotopic (exact) mass is 388 g/mol. The lowest BCUT2D eigenvalue weighted by molar-refractivity contribution is 0.527. The Morgan fingerprint density at radius 1 is 1.42 bits per heavy atom. The predicted molar refractivity (Wildman–Crippen MR) is 104 cm³/mol. The molecule has 3 N–H and O–H groups in total. The minimum absolute atomic E-state index is 0.0702. The van der Waals surface area contributed by atoms with Crippen molar-refractivity contribution >= 4 is 39.7 Å². The van der Waals surface area contributed by atoms with E-state index in [1.54, 1.807) is 23.7 Å². The van der Waals surface area contributed by atoms with Crippen molar-refractivity contribution in [2.45, 2.75) is 25.9 Å². The van der Waals surface area contributed by atoms with Gasteiger partial charge in [-0.3, -0.25) is 0 Å². The molecule has 0 aliphatic rings. The molecule has 6 nitrogen and oxygen atoms in total. The maximum Gasteiger partial charge on any atom is 0.181 e. The quantitative estimate of drug-likeness (QED) is 0.465. The third-order valence-electron chi connectivity index (χ3n) is 3.91. The van der Waals surface area contributed by atoms with Crippen LogP contribution in [-0.2, 0) is 13.0 Å². The fourth-order valence-electron chi connectivity index (χ4n) is 2.84. The third-order valence-corrected chi connectivity index (χ3v) is 4.98. The average molecular weight is 389 g/mol. The zero-order valence-electron chi connectivity index (χ0n) is 14.0. The van der Waals surface area contributed by atoms with Crippen LogP contribution in [0.2, 0.25) is 5.15 Å². The number of pyridine rings is 1. The topological polar surface area (TPSA) is 90.1 Å².